The summed E-state index contributed by atoms with van der Waals surface area (Å²) >= 11 is 0. The smallest absolute Gasteiger partial charge is 0.326 e. The summed E-state index contributed by atoms with van der Waals surface area (Å²) < 4.78 is 0. The van der Waals surface area contributed by atoms with Gasteiger partial charge >= 0.3 is 17.9 Å². The summed E-state index contributed by atoms with van der Waals surface area (Å²) in [6, 6.07) is 1.99. The van der Waals surface area contributed by atoms with Gasteiger partial charge in [-0.05, 0) is 30.9 Å². The van der Waals surface area contributed by atoms with Gasteiger partial charge < -0.3 is 41.6 Å². The Balaban J connectivity index is 1.68. The molecule has 2 aromatic rings. The fraction of sp³-hybridized carbons (Fsp3) is 0.417. The van der Waals surface area contributed by atoms with E-state index in [-0.39, 0.29) is 19.4 Å². The average molecular weight is 532 g/mol. The molecule has 3 rings (SSSR count). The second-order valence-electron chi connectivity index (χ2n) is 9.02. The van der Waals surface area contributed by atoms with Crippen LogP contribution < -0.4 is 16.4 Å². The van der Waals surface area contributed by atoms with E-state index in [0.717, 1.165) is 16.5 Å². The predicted octanol–water partition coefficient (Wildman–Crippen LogP) is -0.968. The van der Waals surface area contributed by atoms with E-state index in [1.807, 2.05) is 29.6 Å². The van der Waals surface area contributed by atoms with Gasteiger partial charge in [-0.25, -0.2) is 4.79 Å². The molecule has 4 atom stereocenters. The SMILES string of the molecule is NC(Cc1c[nH]c2ccccc12)C(=O)N1CCCC1C(=O)NC(CC(=O)O)C(=O)NC(CC(=O)O)C(=O)O. The van der Waals surface area contributed by atoms with Crippen molar-refractivity contribution in [2.45, 2.75) is 56.3 Å². The van der Waals surface area contributed by atoms with Crippen LogP contribution in [0.2, 0.25) is 0 Å². The van der Waals surface area contributed by atoms with Gasteiger partial charge in [0.25, 0.3) is 0 Å². The Kier molecular flexibility index (Phi) is 9.02. The van der Waals surface area contributed by atoms with E-state index in [4.69, 9.17) is 15.9 Å². The Labute approximate surface area is 216 Å². The van der Waals surface area contributed by atoms with Gasteiger partial charge in [0.05, 0.1) is 18.9 Å². The van der Waals surface area contributed by atoms with Gasteiger partial charge in [-0.3, -0.25) is 24.0 Å². The van der Waals surface area contributed by atoms with Crippen molar-refractivity contribution in [2.75, 3.05) is 6.54 Å². The highest BCUT2D eigenvalue weighted by molar-refractivity contribution is 5.96. The van der Waals surface area contributed by atoms with Crippen LogP contribution in [0.15, 0.2) is 30.5 Å². The number of hydrogen-bond acceptors (Lipinski definition) is 7. The third-order valence-electron chi connectivity index (χ3n) is 6.28. The molecule has 1 aromatic carbocycles. The van der Waals surface area contributed by atoms with Crippen LogP contribution in [-0.4, -0.2) is 91.5 Å². The summed E-state index contributed by atoms with van der Waals surface area (Å²) in [5.41, 5.74) is 7.91. The number of hydrogen-bond donors (Lipinski definition) is 7. The highest BCUT2D eigenvalue weighted by atomic mass is 16.4. The van der Waals surface area contributed by atoms with E-state index in [0.29, 0.717) is 6.42 Å². The number of amides is 3. The van der Waals surface area contributed by atoms with Crippen molar-refractivity contribution >= 4 is 46.5 Å². The number of rotatable bonds is 12. The lowest BCUT2D eigenvalue weighted by molar-refractivity contribution is -0.148. The molecule has 8 N–H and O–H groups in total. The lowest BCUT2D eigenvalue weighted by atomic mass is 10.0. The highest BCUT2D eigenvalue weighted by Gasteiger charge is 2.38. The molecule has 1 aliphatic heterocycles. The molecular weight excluding hydrogens is 502 g/mol. The fourth-order valence-corrected chi connectivity index (χ4v) is 4.44. The third kappa shape index (κ3) is 6.85. The molecule has 0 radical (unpaired) electrons. The van der Waals surface area contributed by atoms with Crippen LogP contribution in [0.3, 0.4) is 0 Å². The number of likely N-dealkylation sites (tertiary alicyclic amines) is 1. The molecule has 1 fully saturated rings. The predicted molar refractivity (Wildman–Crippen MR) is 131 cm³/mol. The Morgan fingerprint density at radius 2 is 1.66 bits per heavy atom. The fourth-order valence-electron chi connectivity index (χ4n) is 4.44. The van der Waals surface area contributed by atoms with Crippen molar-refractivity contribution in [3.05, 3.63) is 36.0 Å². The number of nitrogens with two attached hydrogens (primary N) is 1. The molecule has 3 amide bonds. The quantitative estimate of drug-likeness (QED) is 0.177. The average Bonchev–Trinajstić information content (AvgIpc) is 3.50. The van der Waals surface area contributed by atoms with Crippen LogP contribution in [0.25, 0.3) is 10.9 Å². The molecule has 14 nitrogen and oxygen atoms in total. The molecule has 38 heavy (non-hydrogen) atoms. The van der Waals surface area contributed by atoms with E-state index in [9.17, 15) is 33.9 Å². The van der Waals surface area contributed by atoms with Gasteiger partial charge in [0, 0.05) is 23.6 Å². The monoisotopic (exact) mass is 531 g/mol. The third-order valence-corrected chi connectivity index (χ3v) is 6.28. The van der Waals surface area contributed by atoms with Crippen molar-refractivity contribution in [3.63, 3.8) is 0 Å². The molecule has 2 heterocycles. The Morgan fingerprint density at radius 3 is 2.32 bits per heavy atom. The van der Waals surface area contributed by atoms with Gasteiger partial charge in [0.1, 0.15) is 18.1 Å². The first-order valence-corrected chi connectivity index (χ1v) is 11.9. The number of nitrogens with zero attached hydrogens (tertiary/aromatic N) is 1. The number of aromatic amines is 1. The summed E-state index contributed by atoms with van der Waals surface area (Å²) in [6.07, 6.45) is 0.841. The number of carboxylic acids is 3. The van der Waals surface area contributed by atoms with Crippen molar-refractivity contribution < 1.29 is 44.1 Å². The number of fused-ring (bicyclic) bond motifs is 1. The second-order valence-corrected chi connectivity index (χ2v) is 9.02. The number of aromatic nitrogens is 1. The maximum absolute atomic E-state index is 13.2. The Morgan fingerprint density at radius 1 is 1.00 bits per heavy atom. The summed E-state index contributed by atoms with van der Waals surface area (Å²) in [7, 11) is 0. The number of H-pyrrole nitrogens is 1. The van der Waals surface area contributed by atoms with Crippen molar-refractivity contribution in [1.29, 1.82) is 0 Å². The van der Waals surface area contributed by atoms with E-state index in [1.165, 1.54) is 4.90 Å². The molecular formula is C24H29N5O9. The first-order valence-electron chi connectivity index (χ1n) is 11.9. The minimum atomic E-state index is -1.83. The molecule has 14 heteroatoms. The van der Waals surface area contributed by atoms with E-state index in [2.05, 4.69) is 10.3 Å². The molecule has 0 saturated carbocycles. The number of nitrogens with one attached hydrogen (secondary N) is 3. The minimum absolute atomic E-state index is 0.206. The van der Waals surface area contributed by atoms with Crippen LogP contribution >= 0.6 is 0 Å². The number of carboxylic acid groups (broad SMARTS) is 3. The normalized spacial score (nSPS) is 17.4. The Hall–Kier alpha value is -4.46. The minimum Gasteiger partial charge on any atom is -0.481 e. The van der Waals surface area contributed by atoms with Gasteiger partial charge in [-0.2, -0.15) is 0 Å². The first-order chi connectivity index (χ1) is 18.0. The zero-order valence-corrected chi connectivity index (χ0v) is 20.3. The van der Waals surface area contributed by atoms with Gasteiger partial charge in [-0.1, -0.05) is 18.2 Å². The molecule has 0 spiro atoms. The maximum Gasteiger partial charge on any atom is 0.326 e. The largest absolute Gasteiger partial charge is 0.481 e. The summed E-state index contributed by atoms with van der Waals surface area (Å²) in [5, 5.41) is 32.3. The zero-order chi connectivity index (χ0) is 28.0. The number of aliphatic carboxylic acids is 3. The molecule has 4 unspecified atom stereocenters. The lowest BCUT2D eigenvalue weighted by Gasteiger charge is -2.28. The zero-order valence-electron chi connectivity index (χ0n) is 20.3. The highest BCUT2D eigenvalue weighted by Crippen LogP contribution is 2.22. The van der Waals surface area contributed by atoms with Gasteiger partial charge in [0.15, 0.2) is 0 Å². The van der Waals surface area contributed by atoms with Crippen LogP contribution in [-0.2, 0) is 35.2 Å². The van der Waals surface area contributed by atoms with Gasteiger partial charge in [0.2, 0.25) is 17.7 Å². The molecule has 1 aliphatic rings. The molecule has 0 aliphatic carbocycles. The molecule has 0 bridgehead atoms. The van der Waals surface area contributed by atoms with Crippen molar-refractivity contribution in [3.8, 4) is 0 Å². The Bertz CT molecular complexity index is 1240. The summed E-state index contributed by atoms with van der Waals surface area (Å²) in [4.78, 5) is 76.6. The number of carbonyl (C=O) groups is 6. The topological polar surface area (TPSA) is 232 Å². The maximum atomic E-state index is 13.2. The molecule has 1 aromatic heterocycles. The first kappa shape index (κ1) is 28.1. The van der Waals surface area contributed by atoms with Crippen LogP contribution in [0, 0.1) is 0 Å². The second kappa shape index (κ2) is 12.2. The number of para-hydroxylation sites is 1. The number of benzene rings is 1. The molecule has 1 saturated heterocycles. The standard InChI is InChI=1S/C24H29N5O9/c25-14(8-12-11-26-15-5-2-1-4-13(12)15)23(36)29-7-3-6-18(29)22(35)27-16(9-19(30)31)21(34)28-17(24(37)38)10-20(32)33/h1-2,4-5,11,14,16-18,26H,3,6-10,25H2,(H,27,35)(H,28,34)(H,30,31)(H,32,33)(H,37,38). The van der Waals surface area contributed by atoms with Crippen LogP contribution in [0.1, 0.15) is 31.2 Å². The summed E-state index contributed by atoms with van der Waals surface area (Å²) in [6.45, 7) is 0.230. The van der Waals surface area contributed by atoms with E-state index < -0.39 is 72.6 Å². The van der Waals surface area contributed by atoms with Crippen LogP contribution in [0.5, 0.6) is 0 Å². The van der Waals surface area contributed by atoms with Gasteiger partial charge in [-0.15, -0.1) is 0 Å². The number of carbonyl (C=O) groups excluding carboxylic acids is 3. The van der Waals surface area contributed by atoms with Crippen LogP contribution in [0.4, 0.5) is 0 Å². The molecule has 204 valence electrons. The van der Waals surface area contributed by atoms with E-state index >= 15 is 0 Å². The lowest BCUT2D eigenvalue weighted by Crippen LogP contribution is -2.57. The van der Waals surface area contributed by atoms with E-state index in [1.54, 1.807) is 6.20 Å². The summed E-state index contributed by atoms with van der Waals surface area (Å²) in [5.74, 6) is -7.07. The van der Waals surface area contributed by atoms with Crippen molar-refractivity contribution in [2.24, 2.45) is 5.73 Å². The van der Waals surface area contributed by atoms with Crippen molar-refractivity contribution in [1.82, 2.24) is 20.5 Å².